The average molecular weight is 243 g/mol. The van der Waals surface area contributed by atoms with Crippen LogP contribution in [-0.4, -0.2) is 16.7 Å². The first-order valence-electron chi connectivity index (χ1n) is 6.06. The minimum absolute atomic E-state index is 0.514. The van der Waals surface area contributed by atoms with Crippen molar-refractivity contribution >= 4 is 0 Å². The van der Waals surface area contributed by atoms with E-state index >= 15 is 0 Å². The van der Waals surface area contributed by atoms with Crippen LogP contribution >= 0.6 is 0 Å². The number of aliphatic hydroxyl groups is 1. The molecule has 2 rings (SSSR count). The van der Waals surface area contributed by atoms with Gasteiger partial charge in [0.05, 0.1) is 12.7 Å². The standard InChI is InChI=1S/C15H17NO2/c1-12(17)14-6-2-3-7-15(14)18-10-8-13-5-4-9-16-11-13/h2-7,9,11-12,17H,8,10H2,1H3/t12-/m0/s1. The highest BCUT2D eigenvalue weighted by Gasteiger charge is 2.07. The molecule has 0 unspecified atom stereocenters. The number of nitrogens with zero attached hydrogens (tertiary/aromatic N) is 1. The molecule has 2 aromatic rings. The fourth-order valence-electron chi connectivity index (χ4n) is 1.78. The van der Waals surface area contributed by atoms with Gasteiger partial charge in [0.1, 0.15) is 5.75 Å². The molecule has 0 amide bonds. The van der Waals surface area contributed by atoms with Gasteiger partial charge in [-0.25, -0.2) is 0 Å². The zero-order valence-corrected chi connectivity index (χ0v) is 10.4. The lowest BCUT2D eigenvalue weighted by molar-refractivity contribution is 0.191. The topological polar surface area (TPSA) is 42.4 Å². The molecule has 0 saturated heterocycles. The van der Waals surface area contributed by atoms with Crippen molar-refractivity contribution in [2.45, 2.75) is 19.4 Å². The van der Waals surface area contributed by atoms with E-state index in [0.29, 0.717) is 6.61 Å². The van der Waals surface area contributed by atoms with E-state index in [2.05, 4.69) is 4.98 Å². The van der Waals surface area contributed by atoms with Crippen LogP contribution in [-0.2, 0) is 6.42 Å². The van der Waals surface area contributed by atoms with Gasteiger partial charge in [-0.05, 0) is 24.6 Å². The summed E-state index contributed by atoms with van der Waals surface area (Å²) in [6.07, 6.45) is 3.89. The van der Waals surface area contributed by atoms with E-state index in [4.69, 9.17) is 4.74 Å². The van der Waals surface area contributed by atoms with E-state index in [1.54, 1.807) is 13.1 Å². The summed E-state index contributed by atoms with van der Waals surface area (Å²) >= 11 is 0. The van der Waals surface area contributed by atoms with Crippen molar-refractivity contribution in [2.75, 3.05) is 6.61 Å². The molecule has 0 aliphatic carbocycles. The molecule has 1 N–H and O–H groups in total. The summed E-state index contributed by atoms with van der Waals surface area (Å²) < 4.78 is 5.71. The molecular formula is C15H17NO2. The summed E-state index contributed by atoms with van der Waals surface area (Å²) in [4.78, 5) is 4.06. The third-order valence-corrected chi connectivity index (χ3v) is 2.74. The molecule has 18 heavy (non-hydrogen) atoms. The number of aliphatic hydroxyl groups excluding tert-OH is 1. The Kier molecular flexibility index (Phi) is 4.31. The third kappa shape index (κ3) is 3.31. The van der Waals surface area contributed by atoms with E-state index < -0.39 is 6.10 Å². The van der Waals surface area contributed by atoms with E-state index in [9.17, 15) is 5.11 Å². The molecule has 1 aromatic carbocycles. The first kappa shape index (κ1) is 12.6. The first-order valence-corrected chi connectivity index (χ1v) is 6.06. The highest BCUT2D eigenvalue weighted by Crippen LogP contribution is 2.24. The van der Waals surface area contributed by atoms with E-state index in [1.165, 1.54) is 0 Å². The lowest BCUT2D eigenvalue weighted by atomic mass is 10.1. The SMILES string of the molecule is C[C@H](O)c1ccccc1OCCc1cccnc1. The minimum Gasteiger partial charge on any atom is -0.493 e. The van der Waals surface area contributed by atoms with Crippen molar-refractivity contribution in [1.29, 1.82) is 0 Å². The molecule has 0 bridgehead atoms. The Bertz CT molecular complexity index is 483. The molecule has 3 heteroatoms. The summed E-state index contributed by atoms with van der Waals surface area (Å²) in [5, 5.41) is 9.63. The maximum Gasteiger partial charge on any atom is 0.125 e. The number of hydrogen-bond acceptors (Lipinski definition) is 3. The maximum atomic E-state index is 9.63. The van der Waals surface area contributed by atoms with Crippen molar-refractivity contribution in [3.8, 4) is 5.75 Å². The molecule has 0 spiro atoms. The molecule has 0 saturated carbocycles. The summed E-state index contributed by atoms with van der Waals surface area (Å²) in [5.74, 6) is 0.747. The lowest BCUT2D eigenvalue weighted by Crippen LogP contribution is -2.04. The predicted octanol–water partition coefficient (Wildman–Crippen LogP) is 2.76. The molecule has 1 aromatic heterocycles. The molecule has 94 valence electrons. The van der Waals surface area contributed by atoms with E-state index in [1.807, 2.05) is 42.6 Å². The van der Waals surface area contributed by atoms with Gasteiger partial charge in [-0.2, -0.15) is 0 Å². The van der Waals surface area contributed by atoms with Gasteiger partial charge in [0.25, 0.3) is 0 Å². The summed E-state index contributed by atoms with van der Waals surface area (Å²) in [6, 6.07) is 11.5. The Labute approximate surface area is 107 Å². The van der Waals surface area contributed by atoms with Crippen LogP contribution in [0.1, 0.15) is 24.2 Å². The Morgan fingerprint density at radius 3 is 2.78 bits per heavy atom. The summed E-state index contributed by atoms with van der Waals surface area (Å²) in [5.41, 5.74) is 1.97. The van der Waals surface area contributed by atoms with Gasteiger partial charge in [-0.15, -0.1) is 0 Å². The molecule has 0 aliphatic heterocycles. The van der Waals surface area contributed by atoms with Crippen LogP contribution in [0, 0.1) is 0 Å². The predicted molar refractivity (Wildman–Crippen MR) is 70.5 cm³/mol. The zero-order valence-electron chi connectivity index (χ0n) is 10.4. The number of para-hydroxylation sites is 1. The number of rotatable bonds is 5. The number of ether oxygens (including phenoxy) is 1. The average Bonchev–Trinajstić information content (AvgIpc) is 2.40. The second kappa shape index (κ2) is 6.17. The molecule has 1 heterocycles. The van der Waals surface area contributed by atoms with Gasteiger partial charge in [0.15, 0.2) is 0 Å². The fourth-order valence-corrected chi connectivity index (χ4v) is 1.78. The second-order valence-electron chi connectivity index (χ2n) is 4.17. The van der Waals surface area contributed by atoms with Gasteiger partial charge < -0.3 is 9.84 Å². The monoisotopic (exact) mass is 243 g/mol. The molecule has 0 aliphatic rings. The van der Waals surface area contributed by atoms with E-state index in [-0.39, 0.29) is 0 Å². The van der Waals surface area contributed by atoms with Gasteiger partial charge >= 0.3 is 0 Å². The van der Waals surface area contributed by atoms with Crippen LogP contribution in [0.4, 0.5) is 0 Å². The molecule has 1 atom stereocenters. The van der Waals surface area contributed by atoms with Crippen LogP contribution in [0.2, 0.25) is 0 Å². The fraction of sp³-hybridized carbons (Fsp3) is 0.267. The Balaban J connectivity index is 1.94. The molecule has 3 nitrogen and oxygen atoms in total. The van der Waals surface area contributed by atoms with Crippen LogP contribution in [0.25, 0.3) is 0 Å². The molecule has 0 radical (unpaired) electrons. The zero-order chi connectivity index (χ0) is 12.8. The van der Waals surface area contributed by atoms with Crippen molar-refractivity contribution in [2.24, 2.45) is 0 Å². The van der Waals surface area contributed by atoms with Crippen molar-refractivity contribution < 1.29 is 9.84 Å². The van der Waals surface area contributed by atoms with Crippen LogP contribution < -0.4 is 4.74 Å². The third-order valence-electron chi connectivity index (χ3n) is 2.74. The maximum absolute atomic E-state index is 9.63. The minimum atomic E-state index is -0.514. The van der Waals surface area contributed by atoms with E-state index in [0.717, 1.165) is 23.3 Å². The molecular weight excluding hydrogens is 226 g/mol. The first-order chi connectivity index (χ1) is 8.77. The van der Waals surface area contributed by atoms with Crippen LogP contribution in [0.15, 0.2) is 48.8 Å². The largest absolute Gasteiger partial charge is 0.493 e. The normalized spacial score (nSPS) is 12.1. The highest BCUT2D eigenvalue weighted by atomic mass is 16.5. The second-order valence-corrected chi connectivity index (χ2v) is 4.17. The van der Waals surface area contributed by atoms with Gasteiger partial charge in [0, 0.05) is 24.4 Å². The van der Waals surface area contributed by atoms with Gasteiger partial charge in [0.2, 0.25) is 0 Å². The van der Waals surface area contributed by atoms with Gasteiger partial charge in [-0.3, -0.25) is 4.98 Å². The number of pyridine rings is 1. The van der Waals surface area contributed by atoms with Crippen LogP contribution in [0.5, 0.6) is 5.75 Å². The quantitative estimate of drug-likeness (QED) is 0.878. The summed E-state index contributed by atoms with van der Waals surface area (Å²) in [6.45, 7) is 2.32. The number of benzene rings is 1. The van der Waals surface area contributed by atoms with Crippen LogP contribution in [0.3, 0.4) is 0 Å². The Morgan fingerprint density at radius 1 is 1.22 bits per heavy atom. The lowest BCUT2D eigenvalue weighted by Gasteiger charge is -2.13. The van der Waals surface area contributed by atoms with Crippen molar-refractivity contribution in [1.82, 2.24) is 4.98 Å². The number of hydrogen-bond donors (Lipinski definition) is 1. The van der Waals surface area contributed by atoms with Crippen molar-refractivity contribution in [3.05, 3.63) is 59.9 Å². The van der Waals surface area contributed by atoms with Crippen molar-refractivity contribution in [3.63, 3.8) is 0 Å². The number of aromatic nitrogens is 1. The Hall–Kier alpha value is -1.87. The highest BCUT2D eigenvalue weighted by molar-refractivity contribution is 5.34. The Morgan fingerprint density at radius 2 is 2.06 bits per heavy atom. The molecule has 0 fully saturated rings. The van der Waals surface area contributed by atoms with Gasteiger partial charge in [-0.1, -0.05) is 24.3 Å². The smallest absolute Gasteiger partial charge is 0.125 e. The summed E-state index contributed by atoms with van der Waals surface area (Å²) in [7, 11) is 0.